The fourth-order valence-electron chi connectivity index (χ4n) is 2.02. The second-order valence-electron chi connectivity index (χ2n) is 4.57. The number of carbonyl (C=O) groups is 1. The Kier molecular flexibility index (Phi) is 7.86. The molecule has 0 saturated carbocycles. The first kappa shape index (κ1) is 20.3. The molecular formula is C16H13BrF2NO2Y-. The zero-order valence-corrected chi connectivity index (χ0v) is 17.0. The molecule has 119 valence electrons. The third-order valence-electron chi connectivity index (χ3n) is 3.12. The Morgan fingerprint density at radius 1 is 1.43 bits per heavy atom. The molecule has 1 amide bonds. The van der Waals surface area contributed by atoms with E-state index >= 15 is 0 Å². The number of alkyl halides is 1. The van der Waals surface area contributed by atoms with Gasteiger partial charge in [0, 0.05) is 39.8 Å². The van der Waals surface area contributed by atoms with Gasteiger partial charge in [0.15, 0.2) is 0 Å². The molecule has 1 aliphatic heterocycles. The van der Waals surface area contributed by atoms with Crippen LogP contribution in [0, 0.1) is 29.6 Å². The predicted molar refractivity (Wildman–Crippen MR) is 82.1 cm³/mol. The summed E-state index contributed by atoms with van der Waals surface area (Å²) in [5, 5.41) is 0. The Morgan fingerprint density at radius 2 is 2.04 bits per heavy atom. The Bertz CT molecular complexity index is 674. The number of rotatable bonds is 3. The van der Waals surface area contributed by atoms with E-state index in [1.54, 1.807) is 6.92 Å². The smallest absolute Gasteiger partial charge is 0.236 e. The normalized spacial score (nSPS) is 16.9. The summed E-state index contributed by atoms with van der Waals surface area (Å²) in [5.41, 5.74) is -0.195. The van der Waals surface area contributed by atoms with Gasteiger partial charge in [-0.15, -0.1) is 11.6 Å². The van der Waals surface area contributed by atoms with E-state index < -0.39 is 16.5 Å². The number of amides is 1. The Morgan fingerprint density at radius 3 is 2.61 bits per heavy atom. The van der Waals surface area contributed by atoms with Crippen LogP contribution in [0.1, 0.15) is 18.9 Å². The van der Waals surface area contributed by atoms with Crippen molar-refractivity contribution < 1.29 is 51.0 Å². The number of hydrogen-bond donors (Lipinski definition) is 0. The van der Waals surface area contributed by atoms with E-state index in [4.69, 9.17) is 4.74 Å². The SMILES string of the molecule is CC#CCOc1cc(F)c(C2=[C-]CC(Br)C(=O)N2C)c(F)c1.[Y]. The quantitative estimate of drug-likeness (QED) is 0.396. The first-order chi connectivity index (χ1) is 10.5. The molecule has 1 aromatic carbocycles. The Hall–Kier alpha value is -0.766. The van der Waals surface area contributed by atoms with Gasteiger partial charge in [0.25, 0.3) is 0 Å². The molecule has 0 aliphatic carbocycles. The minimum absolute atomic E-state index is 0. The van der Waals surface area contributed by atoms with Crippen molar-refractivity contribution in [3.63, 3.8) is 0 Å². The van der Waals surface area contributed by atoms with E-state index in [2.05, 4.69) is 33.8 Å². The van der Waals surface area contributed by atoms with Crippen LogP contribution in [0.4, 0.5) is 8.78 Å². The van der Waals surface area contributed by atoms with Crippen LogP contribution in [0.15, 0.2) is 12.1 Å². The Labute approximate surface area is 167 Å². The molecule has 0 saturated heterocycles. The second-order valence-corrected chi connectivity index (χ2v) is 5.68. The van der Waals surface area contributed by atoms with E-state index in [0.29, 0.717) is 0 Å². The summed E-state index contributed by atoms with van der Waals surface area (Å²) in [6.07, 6.45) is 3.10. The summed E-state index contributed by atoms with van der Waals surface area (Å²) < 4.78 is 33.6. The van der Waals surface area contributed by atoms with Crippen molar-refractivity contribution in [1.82, 2.24) is 4.90 Å². The van der Waals surface area contributed by atoms with Crippen LogP contribution in [-0.4, -0.2) is 29.3 Å². The van der Waals surface area contributed by atoms with Crippen molar-refractivity contribution in [2.24, 2.45) is 0 Å². The molecule has 1 atom stereocenters. The number of carbonyl (C=O) groups excluding carboxylic acids is 1. The largest absolute Gasteiger partial charge is 0.481 e. The summed E-state index contributed by atoms with van der Waals surface area (Å²) in [4.78, 5) is 12.7. The molecule has 23 heavy (non-hydrogen) atoms. The van der Waals surface area contributed by atoms with Crippen LogP contribution in [0.25, 0.3) is 5.70 Å². The minimum atomic E-state index is -0.811. The van der Waals surface area contributed by atoms with Crippen molar-refractivity contribution in [1.29, 1.82) is 0 Å². The summed E-state index contributed by atoms with van der Waals surface area (Å²) in [6.45, 7) is 1.69. The molecule has 0 bridgehead atoms. The van der Waals surface area contributed by atoms with Gasteiger partial charge in [-0.05, 0) is 19.1 Å². The molecule has 1 unspecified atom stereocenters. The molecule has 0 fully saturated rings. The number of nitrogens with zero attached hydrogens (tertiary/aromatic N) is 1. The number of hydrogen-bond acceptors (Lipinski definition) is 2. The molecule has 1 heterocycles. The van der Waals surface area contributed by atoms with Gasteiger partial charge in [0.1, 0.15) is 12.4 Å². The standard InChI is InChI=1S/C16H13BrF2NO2.Y/c1-3-4-7-22-10-8-12(18)15(13(19)9-10)14-6-5-11(17)16(21)20(14)2;/h8-9,11H,5,7H2,1-2H3;/q-1;. The second kappa shape index (κ2) is 8.91. The van der Waals surface area contributed by atoms with Crippen molar-refractivity contribution in [2.75, 3.05) is 13.7 Å². The molecular weight excluding hydrogens is 445 g/mol. The molecule has 3 nitrogen and oxygen atoms in total. The van der Waals surface area contributed by atoms with Crippen molar-refractivity contribution in [3.05, 3.63) is 35.4 Å². The molecule has 0 N–H and O–H groups in total. The molecule has 2 rings (SSSR count). The molecule has 1 aromatic rings. The van der Waals surface area contributed by atoms with E-state index in [1.807, 2.05) is 0 Å². The van der Waals surface area contributed by atoms with Gasteiger partial charge < -0.3 is 9.64 Å². The van der Waals surface area contributed by atoms with Crippen molar-refractivity contribution in [2.45, 2.75) is 18.2 Å². The van der Waals surface area contributed by atoms with Crippen LogP contribution in [0.3, 0.4) is 0 Å². The molecule has 1 radical (unpaired) electrons. The fraction of sp³-hybridized carbons (Fsp3) is 0.312. The average Bonchev–Trinajstić information content (AvgIpc) is 2.47. The molecule has 7 heteroatoms. The van der Waals surface area contributed by atoms with Gasteiger partial charge in [0.2, 0.25) is 5.91 Å². The van der Waals surface area contributed by atoms with Crippen LogP contribution in [0.2, 0.25) is 0 Å². The van der Waals surface area contributed by atoms with Gasteiger partial charge in [0.05, 0.1) is 16.5 Å². The van der Waals surface area contributed by atoms with Crippen LogP contribution >= 0.6 is 15.9 Å². The number of allylic oxidation sites excluding steroid dienone is 1. The summed E-state index contributed by atoms with van der Waals surface area (Å²) in [6, 6.07) is 2.14. The summed E-state index contributed by atoms with van der Waals surface area (Å²) in [7, 11) is 1.46. The van der Waals surface area contributed by atoms with Crippen molar-refractivity contribution in [3.8, 4) is 17.6 Å². The Balaban J connectivity index is 0.00000264. The zero-order valence-electron chi connectivity index (χ0n) is 12.6. The summed E-state index contributed by atoms with van der Waals surface area (Å²) >= 11 is 3.19. The monoisotopic (exact) mass is 457 g/mol. The maximum Gasteiger partial charge on any atom is 0.236 e. The van der Waals surface area contributed by atoms with Gasteiger partial charge in [-0.2, -0.15) is 0 Å². The first-order valence-corrected chi connectivity index (χ1v) is 7.41. The topological polar surface area (TPSA) is 29.5 Å². The van der Waals surface area contributed by atoms with Crippen molar-refractivity contribution >= 4 is 27.5 Å². The zero-order chi connectivity index (χ0) is 16.3. The number of ether oxygens (including phenoxy) is 1. The number of benzene rings is 1. The van der Waals surface area contributed by atoms with Gasteiger partial charge in [-0.25, -0.2) is 14.9 Å². The van der Waals surface area contributed by atoms with Gasteiger partial charge in [-0.1, -0.05) is 33.8 Å². The van der Waals surface area contributed by atoms with Crippen LogP contribution < -0.4 is 4.74 Å². The maximum atomic E-state index is 14.2. The van der Waals surface area contributed by atoms with E-state index in [1.165, 1.54) is 11.9 Å². The molecule has 0 aromatic heterocycles. The van der Waals surface area contributed by atoms with Gasteiger partial charge >= 0.3 is 0 Å². The van der Waals surface area contributed by atoms with E-state index in [-0.39, 0.29) is 68.7 Å². The minimum Gasteiger partial charge on any atom is -0.481 e. The third-order valence-corrected chi connectivity index (χ3v) is 3.84. The summed E-state index contributed by atoms with van der Waals surface area (Å²) in [5.74, 6) is 3.41. The third kappa shape index (κ3) is 4.62. The van der Waals surface area contributed by atoms with E-state index in [9.17, 15) is 13.6 Å². The van der Waals surface area contributed by atoms with Crippen LogP contribution in [-0.2, 0) is 37.5 Å². The fourth-order valence-corrected chi connectivity index (χ4v) is 2.49. The van der Waals surface area contributed by atoms with E-state index in [0.717, 1.165) is 12.1 Å². The molecule has 1 aliphatic rings. The predicted octanol–water partition coefficient (Wildman–Crippen LogP) is 3.13. The number of halogens is 3. The average molecular weight is 458 g/mol. The maximum absolute atomic E-state index is 14.2. The first-order valence-electron chi connectivity index (χ1n) is 6.50. The van der Waals surface area contributed by atoms with Crippen LogP contribution in [0.5, 0.6) is 5.75 Å². The van der Waals surface area contributed by atoms with Gasteiger partial charge in [-0.3, -0.25) is 4.79 Å². The molecule has 0 spiro atoms.